The van der Waals surface area contributed by atoms with Crippen LogP contribution in [0.5, 0.6) is 0 Å². The second-order valence-electron chi connectivity index (χ2n) is 2.97. The van der Waals surface area contributed by atoms with Gasteiger partial charge in [0.05, 0.1) is 12.8 Å². The number of methoxy groups -OCH3 is 1. The Bertz CT molecular complexity index is 367. The number of hydrogen-bond acceptors (Lipinski definition) is 3. The number of rotatable bonds is 4. The second-order valence-corrected chi connectivity index (χ2v) is 4.93. The normalized spacial score (nSPS) is 12.0. The molecule has 0 aliphatic carbocycles. The zero-order valence-corrected chi connectivity index (χ0v) is 11.6. The molecule has 0 saturated heterocycles. The van der Waals surface area contributed by atoms with Crippen molar-refractivity contribution in [3.63, 3.8) is 0 Å². The third-order valence-corrected chi connectivity index (χ3v) is 3.24. The molecule has 88 valence electrons. The van der Waals surface area contributed by atoms with Gasteiger partial charge in [-0.3, -0.25) is 4.79 Å². The molecule has 0 heterocycles. The third-order valence-electron chi connectivity index (χ3n) is 1.88. The topological polar surface area (TPSA) is 38.3 Å². The van der Waals surface area contributed by atoms with Crippen LogP contribution in [0.25, 0.3) is 0 Å². The van der Waals surface area contributed by atoms with Crippen LogP contribution in [0.2, 0.25) is 0 Å². The summed E-state index contributed by atoms with van der Waals surface area (Å²) in [6.07, 6.45) is 0. The average molecular weight is 355 g/mol. The van der Waals surface area contributed by atoms with E-state index in [1.807, 2.05) is 0 Å². The summed E-state index contributed by atoms with van der Waals surface area (Å²) < 4.78 is 18.5. The van der Waals surface area contributed by atoms with Crippen LogP contribution in [0, 0.1) is 5.82 Å². The van der Waals surface area contributed by atoms with E-state index in [-0.39, 0.29) is 12.4 Å². The number of para-hydroxylation sites is 1. The fourth-order valence-electron chi connectivity index (χ4n) is 1.07. The number of alkyl halides is 1. The molecule has 0 aliphatic heterocycles. The maximum atomic E-state index is 13.4. The fourth-order valence-corrected chi connectivity index (χ4v) is 1.90. The van der Waals surface area contributed by atoms with E-state index >= 15 is 0 Å². The summed E-state index contributed by atoms with van der Waals surface area (Å²) in [7, 11) is 1.30. The summed E-state index contributed by atoms with van der Waals surface area (Å²) in [5, 5.41) is 2.83. The smallest absolute Gasteiger partial charge is 0.321 e. The van der Waals surface area contributed by atoms with Gasteiger partial charge in [-0.1, -0.05) is 22.0 Å². The lowest BCUT2D eigenvalue weighted by atomic mass is 10.3. The number of esters is 1. The number of carbonyl (C=O) groups excluding carboxylic acids is 1. The molecular formula is C10H10Br2FNO2. The van der Waals surface area contributed by atoms with Gasteiger partial charge in [-0.05, 0) is 28.1 Å². The van der Waals surface area contributed by atoms with Gasteiger partial charge in [0.25, 0.3) is 0 Å². The van der Waals surface area contributed by atoms with Crippen molar-refractivity contribution in [2.45, 2.75) is 4.83 Å². The van der Waals surface area contributed by atoms with E-state index in [1.165, 1.54) is 13.2 Å². The first-order valence-electron chi connectivity index (χ1n) is 4.46. The van der Waals surface area contributed by atoms with Gasteiger partial charge in [0.1, 0.15) is 10.6 Å². The van der Waals surface area contributed by atoms with Gasteiger partial charge >= 0.3 is 5.97 Å². The summed E-state index contributed by atoms with van der Waals surface area (Å²) >= 11 is 6.35. The van der Waals surface area contributed by atoms with Crippen LogP contribution >= 0.6 is 31.9 Å². The van der Waals surface area contributed by atoms with E-state index in [2.05, 4.69) is 41.9 Å². The Morgan fingerprint density at radius 3 is 2.88 bits per heavy atom. The number of nitrogens with one attached hydrogen (secondary N) is 1. The van der Waals surface area contributed by atoms with Crippen molar-refractivity contribution in [1.29, 1.82) is 0 Å². The molecule has 0 radical (unpaired) electrons. The molecule has 1 aromatic rings. The SMILES string of the molecule is COC(=O)C(Br)CNc1c(F)cccc1Br. The number of ether oxygens (including phenoxy) is 1. The molecule has 3 nitrogen and oxygen atoms in total. The van der Waals surface area contributed by atoms with E-state index in [0.29, 0.717) is 10.2 Å². The highest BCUT2D eigenvalue weighted by molar-refractivity contribution is 9.10. The zero-order valence-electron chi connectivity index (χ0n) is 8.47. The number of hydrogen-bond donors (Lipinski definition) is 1. The van der Waals surface area contributed by atoms with E-state index in [1.54, 1.807) is 12.1 Å². The minimum atomic E-state index is -0.510. The molecule has 6 heteroatoms. The predicted molar refractivity (Wildman–Crippen MR) is 67.3 cm³/mol. The van der Waals surface area contributed by atoms with E-state index in [9.17, 15) is 9.18 Å². The number of anilines is 1. The molecule has 0 aromatic heterocycles. The van der Waals surface area contributed by atoms with Crippen molar-refractivity contribution < 1.29 is 13.9 Å². The van der Waals surface area contributed by atoms with Gasteiger partial charge in [-0.2, -0.15) is 0 Å². The Labute approximate surface area is 110 Å². The second kappa shape index (κ2) is 6.20. The lowest BCUT2D eigenvalue weighted by Crippen LogP contribution is -2.24. The van der Waals surface area contributed by atoms with Gasteiger partial charge in [-0.15, -0.1) is 0 Å². The van der Waals surface area contributed by atoms with E-state index < -0.39 is 10.8 Å². The molecule has 1 atom stereocenters. The molecule has 1 unspecified atom stereocenters. The summed E-state index contributed by atoms with van der Waals surface area (Å²) in [5.74, 6) is -0.779. The van der Waals surface area contributed by atoms with Crippen LogP contribution in [-0.2, 0) is 9.53 Å². The fraction of sp³-hybridized carbons (Fsp3) is 0.300. The highest BCUT2D eigenvalue weighted by atomic mass is 79.9. The third kappa shape index (κ3) is 3.45. The largest absolute Gasteiger partial charge is 0.468 e. The maximum absolute atomic E-state index is 13.4. The highest BCUT2D eigenvalue weighted by Crippen LogP contribution is 2.25. The van der Waals surface area contributed by atoms with Crippen molar-refractivity contribution in [2.75, 3.05) is 19.0 Å². The summed E-state index contributed by atoms with van der Waals surface area (Å²) in [6.45, 7) is 0.242. The Hall–Kier alpha value is -0.620. The zero-order chi connectivity index (χ0) is 12.1. The molecule has 0 bridgehead atoms. The minimum Gasteiger partial charge on any atom is -0.468 e. The van der Waals surface area contributed by atoms with Gasteiger partial charge in [0.15, 0.2) is 0 Å². The van der Waals surface area contributed by atoms with Gasteiger partial charge in [-0.25, -0.2) is 4.39 Å². The average Bonchev–Trinajstić information content (AvgIpc) is 2.27. The first-order chi connectivity index (χ1) is 7.56. The molecule has 16 heavy (non-hydrogen) atoms. The summed E-state index contributed by atoms with van der Waals surface area (Å²) in [4.78, 5) is 10.6. The van der Waals surface area contributed by atoms with Crippen molar-refractivity contribution in [1.82, 2.24) is 0 Å². The van der Waals surface area contributed by atoms with Crippen molar-refractivity contribution in [3.8, 4) is 0 Å². The quantitative estimate of drug-likeness (QED) is 0.667. The van der Waals surface area contributed by atoms with Crippen LogP contribution in [0.3, 0.4) is 0 Å². The molecule has 0 aliphatic rings. The van der Waals surface area contributed by atoms with Gasteiger partial charge in [0.2, 0.25) is 0 Å². The lowest BCUT2D eigenvalue weighted by molar-refractivity contribution is -0.139. The predicted octanol–water partition coefficient (Wildman–Crippen LogP) is 2.94. The molecular weight excluding hydrogens is 345 g/mol. The van der Waals surface area contributed by atoms with Gasteiger partial charge < -0.3 is 10.1 Å². The maximum Gasteiger partial charge on any atom is 0.321 e. The van der Waals surface area contributed by atoms with Crippen molar-refractivity contribution in [2.24, 2.45) is 0 Å². The lowest BCUT2D eigenvalue weighted by Gasteiger charge is -2.12. The van der Waals surface area contributed by atoms with E-state index in [4.69, 9.17) is 0 Å². The van der Waals surface area contributed by atoms with Crippen LogP contribution in [0.15, 0.2) is 22.7 Å². The Balaban J connectivity index is 2.64. The molecule has 0 spiro atoms. The van der Waals surface area contributed by atoms with E-state index in [0.717, 1.165) is 0 Å². The Kier molecular flexibility index (Phi) is 5.21. The van der Waals surface area contributed by atoms with Crippen LogP contribution < -0.4 is 5.32 Å². The van der Waals surface area contributed by atoms with Crippen LogP contribution in [0.1, 0.15) is 0 Å². The highest BCUT2D eigenvalue weighted by Gasteiger charge is 2.16. The summed E-state index contributed by atoms with van der Waals surface area (Å²) in [5.41, 5.74) is 0.329. The van der Waals surface area contributed by atoms with Gasteiger partial charge in [0, 0.05) is 11.0 Å². The van der Waals surface area contributed by atoms with Crippen LogP contribution in [-0.4, -0.2) is 24.5 Å². The molecule has 0 amide bonds. The number of carbonyl (C=O) groups is 1. The van der Waals surface area contributed by atoms with Crippen LogP contribution in [0.4, 0.5) is 10.1 Å². The van der Waals surface area contributed by atoms with Crippen molar-refractivity contribution >= 4 is 43.5 Å². The number of benzene rings is 1. The minimum absolute atomic E-state index is 0.242. The molecule has 0 saturated carbocycles. The first kappa shape index (κ1) is 13.4. The monoisotopic (exact) mass is 353 g/mol. The Morgan fingerprint density at radius 2 is 2.31 bits per heavy atom. The standard InChI is InChI=1S/C10H10Br2FNO2/c1-16-10(15)7(12)5-14-9-6(11)3-2-4-8(9)13/h2-4,7,14H,5H2,1H3. The Morgan fingerprint density at radius 1 is 1.62 bits per heavy atom. The summed E-state index contributed by atoms with van der Waals surface area (Å²) in [6, 6.07) is 4.65. The molecule has 1 aromatic carbocycles. The number of halogens is 3. The molecule has 1 N–H and O–H groups in total. The first-order valence-corrected chi connectivity index (χ1v) is 6.17. The molecule has 0 fully saturated rings. The molecule has 1 rings (SSSR count). The van der Waals surface area contributed by atoms with Crippen molar-refractivity contribution in [3.05, 3.63) is 28.5 Å².